The Balaban J connectivity index is 2.16. The van der Waals surface area contributed by atoms with Gasteiger partial charge in [0.05, 0.1) is 36.5 Å². The molecule has 8 nitrogen and oxygen atoms in total. The first kappa shape index (κ1) is 21.8. The summed E-state index contributed by atoms with van der Waals surface area (Å²) in [6, 6.07) is 3.38. The molecule has 10 heteroatoms. The second-order valence-corrected chi connectivity index (χ2v) is 6.78. The third kappa shape index (κ3) is 6.00. The van der Waals surface area contributed by atoms with Gasteiger partial charge in [0.1, 0.15) is 0 Å². The van der Waals surface area contributed by atoms with Crippen molar-refractivity contribution in [2.75, 3.05) is 20.3 Å². The summed E-state index contributed by atoms with van der Waals surface area (Å²) in [5.41, 5.74) is 0.581. The molecule has 2 rings (SSSR count). The molecule has 0 aliphatic carbocycles. The number of nitrogens with one attached hydrogen (secondary N) is 1. The second kappa shape index (κ2) is 10.7. The fraction of sp³-hybridized carbons (Fsp3) is 0.333. The van der Waals surface area contributed by atoms with E-state index in [1.807, 2.05) is 13.8 Å². The lowest BCUT2D eigenvalue weighted by Gasteiger charge is -2.13. The number of benzene rings is 1. The second-order valence-electron chi connectivity index (χ2n) is 5.34. The van der Waals surface area contributed by atoms with Gasteiger partial charge in [-0.25, -0.2) is 4.79 Å². The fourth-order valence-electron chi connectivity index (χ4n) is 2.03. The summed E-state index contributed by atoms with van der Waals surface area (Å²) < 4.78 is 15.7. The van der Waals surface area contributed by atoms with E-state index in [1.165, 1.54) is 13.3 Å². The van der Waals surface area contributed by atoms with E-state index >= 15 is 0 Å². The first-order chi connectivity index (χ1) is 13.5. The molecule has 1 N–H and O–H groups in total. The van der Waals surface area contributed by atoms with Gasteiger partial charge in [-0.15, -0.1) is 5.10 Å². The van der Waals surface area contributed by atoms with E-state index in [0.717, 1.165) is 24.3 Å². The standard InChI is InChI=1S/C18H20ClN3O5S/c1-4-6-27-14-8-12(19)11(7-13(14)26-5-2)10-20-22-18-21-17(24)15(28-18)9-16(23)25-3/h7-10H,4-6H2,1-3H3,(H,21,22,24)/b15-9+,20-10?. The highest BCUT2D eigenvalue weighted by Crippen LogP contribution is 2.33. The quantitative estimate of drug-likeness (QED) is 0.297. The van der Waals surface area contributed by atoms with Crippen LogP contribution >= 0.6 is 23.4 Å². The number of amides is 1. The molecule has 0 atom stereocenters. The molecule has 28 heavy (non-hydrogen) atoms. The topological polar surface area (TPSA) is 98.6 Å². The molecule has 1 aliphatic heterocycles. The third-order valence-corrected chi connectivity index (χ3v) is 4.50. The van der Waals surface area contributed by atoms with Crippen LogP contribution in [0.3, 0.4) is 0 Å². The van der Waals surface area contributed by atoms with Crippen LogP contribution in [0.15, 0.2) is 33.3 Å². The van der Waals surface area contributed by atoms with Crippen LogP contribution in [0.4, 0.5) is 0 Å². The van der Waals surface area contributed by atoms with E-state index < -0.39 is 11.9 Å². The monoisotopic (exact) mass is 425 g/mol. The van der Waals surface area contributed by atoms with E-state index in [2.05, 4.69) is 20.3 Å². The molecule has 1 saturated heterocycles. The lowest BCUT2D eigenvalue weighted by molar-refractivity contribution is -0.135. The minimum absolute atomic E-state index is 0.176. The van der Waals surface area contributed by atoms with E-state index in [9.17, 15) is 9.59 Å². The summed E-state index contributed by atoms with van der Waals surface area (Å²) in [5.74, 6) is 0.0520. The average molecular weight is 426 g/mol. The minimum Gasteiger partial charge on any atom is -0.490 e. The summed E-state index contributed by atoms with van der Waals surface area (Å²) in [6.45, 7) is 4.90. The van der Waals surface area contributed by atoms with Gasteiger partial charge in [-0.05, 0) is 31.2 Å². The Labute approximate surface area is 172 Å². The van der Waals surface area contributed by atoms with E-state index in [4.69, 9.17) is 21.1 Å². The summed E-state index contributed by atoms with van der Waals surface area (Å²) in [6.07, 6.45) is 3.39. The van der Waals surface area contributed by atoms with E-state index in [-0.39, 0.29) is 10.1 Å². The maximum Gasteiger partial charge on any atom is 0.331 e. The number of carbonyl (C=O) groups is 2. The van der Waals surface area contributed by atoms with Gasteiger partial charge >= 0.3 is 5.97 Å². The van der Waals surface area contributed by atoms with Crippen molar-refractivity contribution in [3.8, 4) is 11.5 Å². The van der Waals surface area contributed by atoms with Crippen LogP contribution in [0.25, 0.3) is 0 Å². The number of ether oxygens (including phenoxy) is 3. The normalized spacial score (nSPS) is 16.6. The van der Waals surface area contributed by atoms with Crippen molar-refractivity contribution >= 4 is 46.6 Å². The van der Waals surface area contributed by atoms with E-state index in [1.54, 1.807) is 12.1 Å². The maximum absolute atomic E-state index is 11.8. The number of amidine groups is 1. The number of methoxy groups -OCH3 is 1. The first-order valence-corrected chi connectivity index (χ1v) is 9.66. The molecule has 150 valence electrons. The zero-order chi connectivity index (χ0) is 20.5. The van der Waals surface area contributed by atoms with Gasteiger partial charge in [0.2, 0.25) is 0 Å². The molecule has 0 unspecified atom stereocenters. The highest BCUT2D eigenvalue weighted by molar-refractivity contribution is 8.18. The van der Waals surface area contributed by atoms with Crippen LogP contribution in [0, 0.1) is 0 Å². The predicted molar refractivity (Wildman–Crippen MR) is 109 cm³/mol. The van der Waals surface area contributed by atoms with Gasteiger partial charge in [0, 0.05) is 17.7 Å². The van der Waals surface area contributed by atoms with Gasteiger partial charge in [-0.1, -0.05) is 18.5 Å². The van der Waals surface area contributed by atoms with Crippen LogP contribution in [-0.4, -0.2) is 43.6 Å². The van der Waals surface area contributed by atoms with Crippen molar-refractivity contribution in [3.05, 3.63) is 33.7 Å². The number of carbonyl (C=O) groups excluding carboxylic acids is 2. The highest BCUT2D eigenvalue weighted by Gasteiger charge is 2.25. The van der Waals surface area contributed by atoms with Crippen LogP contribution in [0.2, 0.25) is 5.02 Å². The predicted octanol–water partition coefficient (Wildman–Crippen LogP) is 3.14. The molecule has 1 fully saturated rings. The van der Waals surface area contributed by atoms with Crippen LogP contribution in [0.5, 0.6) is 11.5 Å². The molecule has 1 aliphatic rings. The number of esters is 1. The summed E-state index contributed by atoms with van der Waals surface area (Å²) >= 11 is 7.27. The minimum atomic E-state index is -0.622. The summed E-state index contributed by atoms with van der Waals surface area (Å²) in [5, 5.41) is 11.0. The van der Waals surface area contributed by atoms with Gasteiger partial charge in [-0.2, -0.15) is 5.10 Å². The lowest BCUT2D eigenvalue weighted by Crippen LogP contribution is -2.19. The number of rotatable bonds is 8. The third-order valence-electron chi connectivity index (χ3n) is 3.27. The zero-order valence-electron chi connectivity index (χ0n) is 15.7. The van der Waals surface area contributed by atoms with Crippen molar-refractivity contribution < 1.29 is 23.8 Å². The van der Waals surface area contributed by atoms with Gasteiger partial charge < -0.3 is 14.2 Å². The van der Waals surface area contributed by atoms with Gasteiger partial charge in [-0.3, -0.25) is 10.1 Å². The highest BCUT2D eigenvalue weighted by atomic mass is 35.5. The van der Waals surface area contributed by atoms with E-state index in [0.29, 0.717) is 35.3 Å². The Bertz CT molecular complexity index is 839. The van der Waals surface area contributed by atoms with Crippen LogP contribution in [0.1, 0.15) is 25.8 Å². The van der Waals surface area contributed by atoms with Gasteiger partial charge in [0.25, 0.3) is 5.91 Å². The van der Waals surface area contributed by atoms with Gasteiger partial charge in [0.15, 0.2) is 16.7 Å². The number of thioether (sulfide) groups is 1. The SMILES string of the molecule is CCCOc1cc(Cl)c(C=N/N=C2/NC(=O)/C(=C\C(=O)OC)S2)cc1OCC. The molecule has 0 aromatic heterocycles. The Kier molecular flexibility index (Phi) is 8.34. The Morgan fingerprint density at radius 3 is 2.71 bits per heavy atom. The van der Waals surface area contributed by atoms with Crippen LogP contribution in [-0.2, 0) is 14.3 Å². The molecule has 1 aromatic carbocycles. The molecule has 0 radical (unpaired) electrons. The first-order valence-electron chi connectivity index (χ1n) is 8.47. The number of halogens is 1. The summed E-state index contributed by atoms with van der Waals surface area (Å²) in [4.78, 5) is 23.2. The Hall–Kier alpha value is -2.52. The molecule has 1 amide bonds. The smallest absolute Gasteiger partial charge is 0.331 e. The lowest BCUT2D eigenvalue weighted by atomic mass is 10.2. The van der Waals surface area contributed by atoms with Crippen molar-refractivity contribution in [1.82, 2.24) is 5.32 Å². The van der Waals surface area contributed by atoms with Crippen molar-refractivity contribution in [3.63, 3.8) is 0 Å². The number of hydrogen-bond donors (Lipinski definition) is 1. The molecular formula is C18H20ClN3O5S. The molecule has 0 saturated carbocycles. The average Bonchev–Trinajstić information content (AvgIpc) is 3.02. The zero-order valence-corrected chi connectivity index (χ0v) is 17.2. The van der Waals surface area contributed by atoms with Crippen LogP contribution < -0.4 is 14.8 Å². The largest absolute Gasteiger partial charge is 0.490 e. The summed E-state index contributed by atoms with van der Waals surface area (Å²) in [7, 11) is 1.23. The molecule has 0 bridgehead atoms. The van der Waals surface area contributed by atoms with Crippen molar-refractivity contribution in [1.29, 1.82) is 0 Å². The molecular weight excluding hydrogens is 406 g/mol. The Morgan fingerprint density at radius 1 is 1.29 bits per heavy atom. The van der Waals surface area contributed by atoms with Crippen molar-refractivity contribution in [2.24, 2.45) is 10.2 Å². The molecule has 1 aromatic rings. The van der Waals surface area contributed by atoms with Crippen molar-refractivity contribution in [2.45, 2.75) is 20.3 Å². The fourth-order valence-corrected chi connectivity index (χ4v) is 2.97. The molecule has 1 heterocycles. The maximum atomic E-state index is 11.8. The number of nitrogens with zero attached hydrogens (tertiary/aromatic N) is 2. The Morgan fingerprint density at radius 2 is 2.04 bits per heavy atom. The molecule has 0 spiro atoms. The number of hydrogen-bond acceptors (Lipinski definition) is 8.